The van der Waals surface area contributed by atoms with Crippen molar-refractivity contribution in [2.75, 3.05) is 20.6 Å². The van der Waals surface area contributed by atoms with Gasteiger partial charge in [-0.2, -0.15) is 0 Å². The van der Waals surface area contributed by atoms with Crippen LogP contribution in [0.25, 0.3) is 0 Å². The average Bonchev–Trinajstić information content (AvgIpc) is 2.23. The molecule has 0 unspecified atom stereocenters. The zero-order valence-electron chi connectivity index (χ0n) is 9.33. The number of benzene rings is 1. The first-order valence-electron chi connectivity index (χ1n) is 4.89. The van der Waals surface area contributed by atoms with Crippen molar-refractivity contribution in [3.8, 4) is 5.75 Å². The topological polar surface area (TPSA) is 52.6 Å². The number of hydrogen-bond acceptors (Lipinski definition) is 3. The number of phenolic OH excluding ortho intramolecular Hbond substituents is 1. The molecule has 1 amide bonds. The van der Waals surface area contributed by atoms with Crippen LogP contribution in [0.1, 0.15) is 5.56 Å². The number of carbonyl (C=O) groups excluding carboxylic acids is 1. The SMILES string of the molecule is CN(C)C(=O)CNCc1ccc(O)c(Br)c1. The zero-order chi connectivity index (χ0) is 12.1. The highest BCUT2D eigenvalue weighted by Crippen LogP contribution is 2.23. The Kier molecular flexibility index (Phi) is 4.76. The van der Waals surface area contributed by atoms with Gasteiger partial charge in [0.25, 0.3) is 0 Å². The third-order valence-corrected chi connectivity index (χ3v) is 2.75. The number of hydrogen-bond donors (Lipinski definition) is 2. The molecule has 1 aromatic carbocycles. The van der Waals surface area contributed by atoms with Crippen molar-refractivity contribution >= 4 is 21.8 Å². The summed E-state index contributed by atoms with van der Waals surface area (Å²) < 4.78 is 0.658. The predicted octanol–water partition coefficient (Wildman–Crippen LogP) is 1.33. The summed E-state index contributed by atoms with van der Waals surface area (Å²) in [5, 5.41) is 12.3. The molecule has 0 fully saturated rings. The van der Waals surface area contributed by atoms with Gasteiger partial charge in [-0.15, -0.1) is 0 Å². The minimum Gasteiger partial charge on any atom is -0.507 e. The summed E-state index contributed by atoms with van der Waals surface area (Å²) in [4.78, 5) is 12.8. The van der Waals surface area contributed by atoms with E-state index < -0.39 is 0 Å². The van der Waals surface area contributed by atoms with E-state index in [1.165, 1.54) is 0 Å². The average molecular weight is 287 g/mol. The third-order valence-electron chi connectivity index (χ3n) is 2.12. The maximum Gasteiger partial charge on any atom is 0.236 e. The standard InChI is InChI=1S/C11H15BrN2O2/c1-14(2)11(16)7-13-6-8-3-4-10(15)9(12)5-8/h3-5,13,15H,6-7H2,1-2H3. The summed E-state index contributed by atoms with van der Waals surface area (Å²) in [6, 6.07) is 5.25. The van der Waals surface area contributed by atoms with Gasteiger partial charge in [0.1, 0.15) is 5.75 Å². The first kappa shape index (κ1) is 13.0. The molecule has 88 valence electrons. The van der Waals surface area contributed by atoms with Crippen LogP contribution < -0.4 is 5.32 Å². The molecule has 0 aliphatic carbocycles. The lowest BCUT2D eigenvalue weighted by Crippen LogP contribution is -2.32. The Morgan fingerprint density at radius 3 is 2.75 bits per heavy atom. The fraction of sp³-hybridized carbons (Fsp3) is 0.364. The summed E-state index contributed by atoms with van der Waals surface area (Å²) in [6.07, 6.45) is 0. The molecular weight excluding hydrogens is 272 g/mol. The van der Waals surface area contributed by atoms with Crippen LogP contribution >= 0.6 is 15.9 Å². The molecule has 5 heteroatoms. The van der Waals surface area contributed by atoms with E-state index in [4.69, 9.17) is 0 Å². The lowest BCUT2D eigenvalue weighted by Gasteiger charge is -2.11. The Morgan fingerprint density at radius 1 is 1.50 bits per heavy atom. The van der Waals surface area contributed by atoms with Crippen molar-refractivity contribution in [1.82, 2.24) is 10.2 Å². The second-order valence-electron chi connectivity index (χ2n) is 3.68. The van der Waals surface area contributed by atoms with E-state index in [0.29, 0.717) is 17.6 Å². The van der Waals surface area contributed by atoms with Crippen molar-refractivity contribution in [3.05, 3.63) is 28.2 Å². The highest BCUT2D eigenvalue weighted by molar-refractivity contribution is 9.10. The van der Waals surface area contributed by atoms with Gasteiger partial charge in [-0.25, -0.2) is 0 Å². The first-order valence-corrected chi connectivity index (χ1v) is 5.68. The van der Waals surface area contributed by atoms with Crippen LogP contribution in [0.2, 0.25) is 0 Å². The molecule has 2 N–H and O–H groups in total. The summed E-state index contributed by atoms with van der Waals surface area (Å²) in [5.74, 6) is 0.256. The summed E-state index contributed by atoms with van der Waals surface area (Å²) in [7, 11) is 3.45. The molecule has 0 aliphatic rings. The molecule has 1 aromatic rings. The normalized spacial score (nSPS) is 10.2. The number of carbonyl (C=O) groups is 1. The molecule has 0 saturated carbocycles. The van der Waals surface area contributed by atoms with Crippen molar-refractivity contribution in [2.24, 2.45) is 0 Å². The number of rotatable bonds is 4. The van der Waals surface area contributed by atoms with Gasteiger partial charge in [-0.3, -0.25) is 4.79 Å². The van der Waals surface area contributed by atoms with E-state index in [1.54, 1.807) is 25.1 Å². The molecule has 4 nitrogen and oxygen atoms in total. The second-order valence-corrected chi connectivity index (χ2v) is 4.53. The van der Waals surface area contributed by atoms with Gasteiger partial charge in [0.15, 0.2) is 0 Å². The van der Waals surface area contributed by atoms with E-state index in [9.17, 15) is 9.90 Å². The Hall–Kier alpha value is -1.07. The fourth-order valence-corrected chi connectivity index (χ4v) is 1.56. The van der Waals surface area contributed by atoms with Crippen LogP contribution in [0.4, 0.5) is 0 Å². The van der Waals surface area contributed by atoms with Gasteiger partial charge in [-0.1, -0.05) is 6.07 Å². The van der Waals surface area contributed by atoms with E-state index in [2.05, 4.69) is 21.2 Å². The molecule has 1 rings (SSSR count). The molecule has 0 heterocycles. The molecule has 0 spiro atoms. The van der Waals surface area contributed by atoms with E-state index in [0.717, 1.165) is 5.56 Å². The molecule has 0 aliphatic heterocycles. The first-order chi connectivity index (χ1) is 7.50. The van der Waals surface area contributed by atoms with Crippen LogP contribution in [0, 0.1) is 0 Å². The Morgan fingerprint density at radius 2 is 2.19 bits per heavy atom. The molecular formula is C11H15BrN2O2. The second kappa shape index (κ2) is 5.86. The Bertz CT molecular complexity index is 380. The van der Waals surface area contributed by atoms with Crippen LogP contribution in [0.15, 0.2) is 22.7 Å². The van der Waals surface area contributed by atoms with E-state index in [1.807, 2.05) is 12.1 Å². The smallest absolute Gasteiger partial charge is 0.236 e. The number of likely N-dealkylation sites (N-methyl/N-ethyl adjacent to an activating group) is 1. The Balaban J connectivity index is 2.43. The number of phenols is 1. The maximum absolute atomic E-state index is 11.3. The minimum absolute atomic E-state index is 0.0397. The largest absolute Gasteiger partial charge is 0.507 e. The van der Waals surface area contributed by atoms with Gasteiger partial charge in [0.2, 0.25) is 5.91 Å². The summed E-state index contributed by atoms with van der Waals surface area (Å²) in [6.45, 7) is 0.907. The highest BCUT2D eigenvalue weighted by Gasteiger charge is 2.03. The zero-order valence-corrected chi connectivity index (χ0v) is 10.9. The number of amides is 1. The van der Waals surface area contributed by atoms with Gasteiger partial charge < -0.3 is 15.3 Å². The van der Waals surface area contributed by atoms with Crippen LogP contribution in [0.5, 0.6) is 5.75 Å². The van der Waals surface area contributed by atoms with Gasteiger partial charge in [0, 0.05) is 20.6 Å². The molecule has 0 saturated heterocycles. The quantitative estimate of drug-likeness (QED) is 0.878. The molecule has 0 atom stereocenters. The van der Waals surface area contributed by atoms with Crippen molar-refractivity contribution in [3.63, 3.8) is 0 Å². The van der Waals surface area contributed by atoms with Gasteiger partial charge >= 0.3 is 0 Å². The predicted molar refractivity (Wildman–Crippen MR) is 66.2 cm³/mol. The monoisotopic (exact) mass is 286 g/mol. The number of nitrogens with one attached hydrogen (secondary N) is 1. The molecule has 0 radical (unpaired) electrons. The van der Waals surface area contributed by atoms with Crippen LogP contribution in [-0.2, 0) is 11.3 Å². The highest BCUT2D eigenvalue weighted by atomic mass is 79.9. The van der Waals surface area contributed by atoms with Gasteiger partial charge in [0.05, 0.1) is 11.0 Å². The van der Waals surface area contributed by atoms with E-state index in [-0.39, 0.29) is 11.7 Å². The summed E-state index contributed by atoms with van der Waals surface area (Å²) in [5.41, 5.74) is 1.01. The van der Waals surface area contributed by atoms with Crippen molar-refractivity contribution in [1.29, 1.82) is 0 Å². The summed E-state index contributed by atoms with van der Waals surface area (Å²) >= 11 is 3.24. The number of halogens is 1. The minimum atomic E-state index is 0.0397. The molecule has 0 bridgehead atoms. The number of nitrogens with zero attached hydrogens (tertiary/aromatic N) is 1. The lowest BCUT2D eigenvalue weighted by molar-refractivity contribution is -0.127. The fourth-order valence-electron chi connectivity index (χ4n) is 1.13. The third kappa shape index (κ3) is 3.83. The molecule has 0 aromatic heterocycles. The Labute approximate surface area is 103 Å². The van der Waals surface area contributed by atoms with Crippen LogP contribution in [-0.4, -0.2) is 36.6 Å². The molecule has 16 heavy (non-hydrogen) atoms. The van der Waals surface area contributed by atoms with E-state index >= 15 is 0 Å². The maximum atomic E-state index is 11.3. The van der Waals surface area contributed by atoms with Crippen molar-refractivity contribution < 1.29 is 9.90 Å². The van der Waals surface area contributed by atoms with Crippen LogP contribution in [0.3, 0.4) is 0 Å². The lowest BCUT2D eigenvalue weighted by atomic mass is 10.2. The van der Waals surface area contributed by atoms with Crippen molar-refractivity contribution in [2.45, 2.75) is 6.54 Å². The van der Waals surface area contributed by atoms with Gasteiger partial charge in [-0.05, 0) is 33.6 Å². The number of aromatic hydroxyl groups is 1.